The van der Waals surface area contributed by atoms with Crippen molar-refractivity contribution in [1.82, 2.24) is 4.90 Å². The van der Waals surface area contributed by atoms with Crippen molar-refractivity contribution < 1.29 is 22.8 Å². The molecule has 0 aliphatic heterocycles. The molecule has 138 valence electrons. The van der Waals surface area contributed by atoms with Crippen molar-refractivity contribution in [3.05, 3.63) is 65.2 Å². The molecule has 0 spiro atoms. The Morgan fingerprint density at radius 3 is 2.31 bits per heavy atom. The van der Waals surface area contributed by atoms with Gasteiger partial charge in [0.05, 0.1) is 17.7 Å². The molecular weight excluding hydrogens is 345 g/mol. The number of hydrogen-bond donors (Lipinski definition) is 1. The third-order valence-electron chi connectivity index (χ3n) is 3.86. The Bertz CT molecular complexity index is 803. The Morgan fingerprint density at radius 1 is 1.04 bits per heavy atom. The second-order valence-corrected chi connectivity index (χ2v) is 5.76. The molecule has 2 rings (SSSR count). The van der Waals surface area contributed by atoms with Gasteiger partial charge < -0.3 is 10.2 Å². The molecule has 7 heteroatoms. The van der Waals surface area contributed by atoms with Crippen LogP contribution < -0.4 is 5.32 Å². The lowest BCUT2D eigenvalue weighted by atomic mass is 10.1. The number of carbonyl (C=O) groups is 2. The summed E-state index contributed by atoms with van der Waals surface area (Å²) in [6, 6.07) is 11.7. The molecule has 0 saturated carbocycles. The minimum absolute atomic E-state index is 0.358. The highest BCUT2D eigenvalue weighted by molar-refractivity contribution is 6.00. The fraction of sp³-hybridized carbons (Fsp3) is 0.263. The molecule has 0 heterocycles. The number of nitrogens with zero attached hydrogens (tertiary/aromatic N) is 1. The zero-order valence-corrected chi connectivity index (χ0v) is 14.4. The van der Waals surface area contributed by atoms with Gasteiger partial charge in [-0.05, 0) is 30.2 Å². The molecule has 0 bridgehead atoms. The van der Waals surface area contributed by atoms with Crippen molar-refractivity contribution in [2.45, 2.75) is 19.5 Å². The first-order valence-electron chi connectivity index (χ1n) is 8.03. The van der Waals surface area contributed by atoms with Crippen LogP contribution in [-0.2, 0) is 17.4 Å². The number of hydrogen-bond acceptors (Lipinski definition) is 2. The average Bonchev–Trinajstić information content (AvgIpc) is 2.60. The number of alkyl halides is 3. The number of nitrogens with one attached hydrogen (secondary N) is 1. The monoisotopic (exact) mass is 364 g/mol. The molecule has 0 aliphatic rings. The fourth-order valence-corrected chi connectivity index (χ4v) is 2.55. The molecule has 2 aromatic rings. The predicted molar refractivity (Wildman–Crippen MR) is 92.9 cm³/mol. The van der Waals surface area contributed by atoms with E-state index in [4.69, 9.17) is 0 Å². The molecule has 1 N–H and O–H groups in total. The second kappa shape index (κ2) is 8.03. The van der Waals surface area contributed by atoms with Crippen LogP contribution in [0.3, 0.4) is 0 Å². The van der Waals surface area contributed by atoms with Gasteiger partial charge in [0.1, 0.15) is 0 Å². The molecule has 2 amide bonds. The van der Waals surface area contributed by atoms with Crippen molar-refractivity contribution in [3.8, 4) is 0 Å². The largest absolute Gasteiger partial charge is 0.417 e. The number of carbonyl (C=O) groups excluding carboxylic acids is 2. The van der Waals surface area contributed by atoms with E-state index in [-0.39, 0.29) is 6.54 Å². The van der Waals surface area contributed by atoms with Gasteiger partial charge in [-0.15, -0.1) is 0 Å². The molecular formula is C19H19F3N2O2. The van der Waals surface area contributed by atoms with Crippen LogP contribution in [0.4, 0.5) is 18.9 Å². The van der Waals surface area contributed by atoms with Crippen molar-refractivity contribution in [2.75, 3.05) is 18.9 Å². The van der Waals surface area contributed by atoms with Gasteiger partial charge in [0, 0.05) is 12.7 Å². The van der Waals surface area contributed by atoms with Crippen LogP contribution in [0, 0.1) is 0 Å². The predicted octanol–water partition coefficient (Wildman–Crippen LogP) is 3.98. The Hall–Kier alpha value is -2.83. The highest BCUT2D eigenvalue weighted by Gasteiger charge is 2.35. The molecule has 0 unspecified atom stereocenters. The lowest BCUT2D eigenvalue weighted by Gasteiger charge is -2.20. The molecule has 0 fully saturated rings. The van der Waals surface area contributed by atoms with E-state index >= 15 is 0 Å². The van der Waals surface area contributed by atoms with Gasteiger partial charge in [0.25, 0.3) is 5.91 Å². The van der Waals surface area contributed by atoms with E-state index in [2.05, 4.69) is 5.32 Å². The van der Waals surface area contributed by atoms with Crippen LogP contribution in [0.1, 0.15) is 28.4 Å². The van der Waals surface area contributed by atoms with Gasteiger partial charge in [-0.2, -0.15) is 13.2 Å². The summed E-state index contributed by atoms with van der Waals surface area (Å²) in [5, 5.41) is 2.69. The summed E-state index contributed by atoms with van der Waals surface area (Å²) in [6.45, 7) is 1.58. The summed E-state index contributed by atoms with van der Waals surface area (Å²) in [5.41, 5.74) is 0.0478. The topological polar surface area (TPSA) is 49.4 Å². The van der Waals surface area contributed by atoms with Crippen LogP contribution in [0.15, 0.2) is 48.5 Å². The Labute approximate surface area is 149 Å². The third-order valence-corrected chi connectivity index (χ3v) is 3.86. The van der Waals surface area contributed by atoms with Crippen LogP contribution >= 0.6 is 0 Å². The maximum absolute atomic E-state index is 13.1. The summed E-state index contributed by atoms with van der Waals surface area (Å²) in [5.74, 6) is -1.34. The highest BCUT2D eigenvalue weighted by Crippen LogP contribution is 2.32. The first-order chi connectivity index (χ1) is 12.2. The second-order valence-electron chi connectivity index (χ2n) is 5.76. The molecule has 0 saturated heterocycles. The molecule has 0 atom stereocenters. The van der Waals surface area contributed by atoms with Crippen LogP contribution in [0.2, 0.25) is 0 Å². The van der Waals surface area contributed by atoms with Gasteiger partial charge in [0.15, 0.2) is 0 Å². The number of anilines is 1. The normalized spacial score (nSPS) is 11.1. The maximum atomic E-state index is 13.1. The summed E-state index contributed by atoms with van der Waals surface area (Å²) in [4.78, 5) is 25.5. The Morgan fingerprint density at radius 2 is 1.65 bits per heavy atom. The zero-order chi connectivity index (χ0) is 19.3. The van der Waals surface area contributed by atoms with Crippen molar-refractivity contribution in [1.29, 1.82) is 0 Å². The third kappa shape index (κ3) is 4.62. The van der Waals surface area contributed by atoms with Crippen molar-refractivity contribution in [3.63, 3.8) is 0 Å². The van der Waals surface area contributed by atoms with Crippen LogP contribution in [-0.4, -0.2) is 30.3 Å². The molecule has 0 aliphatic carbocycles. The fourth-order valence-electron chi connectivity index (χ4n) is 2.55. The number of para-hydroxylation sites is 1. The highest BCUT2D eigenvalue weighted by atomic mass is 19.4. The van der Waals surface area contributed by atoms with E-state index in [1.165, 1.54) is 19.2 Å². The Balaban J connectivity index is 2.11. The summed E-state index contributed by atoms with van der Waals surface area (Å²) >= 11 is 0. The van der Waals surface area contributed by atoms with E-state index in [9.17, 15) is 22.8 Å². The standard InChI is InChI=1S/C19H19F3N2O2/c1-3-13-8-4-7-11-16(13)23-17(25)12-24(2)18(26)14-9-5-6-10-15(14)19(20,21)22/h4-11H,3,12H2,1-2H3,(H,23,25). The summed E-state index contributed by atoms with van der Waals surface area (Å²) in [7, 11) is 1.29. The number of amides is 2. The van der Waals surface area contributed by atoms with Gasteiger partial charge in [-0.3, -0.25) is 9.59 Å². The van der Waals surface area contributed by atoms with Crippen LogP contribution in [0.25, 0.3) is 0 Å². The van der Waals surface area contributed by atoms with Gasteiger partial charge in [0.2, 0.25) is 5.91 Å². The number of aryl methyl sites for hydroxylation is 1. The number of likely N-dealkylation sites (N-methyl/N-ethyl adjacent to an activating group) is 1. The van der Waals surface area contributed by atoms with Crippen molar-refractivity contribution >= 4 is 17.5 Å². The molecule has 4 nitrogen and oxygen atoms in total. The maximum Gasteiger partial charge on any atom is 0.417 e. The van der Waals surface area contributed by atoms with E-state index in [1.807, 2.05) is 19.1 Å². The average molecular weight is 364 g/mol. The molecule has 0 radical (unpaired) electrons. The smallest absolute Gasteiger partial charge is 0.332 e. The molecule has 0 aromatic heterocycles. The van der Waals surface area contributed by atoms with Crippen molar-refractivity contribution in [2.24, 2.45) is 0 Å². The summed E-state index contributed by atoms with van der Waals surface area (Å²) < 4.78 is 39.2. The van der Waals surface area contributed by atoms with Gasteiger partial charge in [-0.1, -0.05) is 37.3 Å². The lowest BCUT2D eigenvalue weighted by Crippen LogP contribution is -2.36. The van der Waals surface area contributed by atoms with Gasteiger partial charge in [-0.25, -0.2) is 0 Å². The number of halogens is 3. The number of rotatable bonds is 5. The molecule has 26 heavy (non-hydrogen) atoms. The SMILES string of the molecule is CCc1ccccc1NC(=O)CN(C)C(=O)c1ccccc1C(F)(F)F. The first kappa shape index (κ1) is 19.5. The minimum Gasteiger partial charge on any atom is -0.332 e. The number of benzene rings is 2. The van der Waals surface area contributed by atoms with Crippen LogP contribution in [0.5, 0.6) is 0 Å². The van der Waals surface area contributed by atoms with E-state index in [1.54, 1.807) is 12.1 Å². The lowest BCUT2D eigenvalue weighted by molar-refractivity contribution is -0.138. The quantitative estimate of drug-likeness (QED) is 0.873. The molecule has 2 aromatic carbocycles. The van der Waals surface area contributed by atoms with E-state index < -0.39 is 29.1 Å². The van der Waals surface area contributed by atoms with E-state index in [0.29, 0.717) is 12.1 Å². The first-order valence-corrected chi connectivity index (χ1v) is 8.03. The van der Waals surface area contributed by atoms with E-state index in [0.717, 1.165) is 22.6 Å². The van der Waals surface area contributed by atoms with Gasteiger partial charge >= 0.3 is 6.18 Å². The Kier molecular flexibility index (Phi) is 6.02. The summed E-state index contributed by atoms with van der Waals surface area (Å²) in [6.07, 6.45) is -3.93. The minimum atomic E-state index is -4.64. The zero-order valence-electron chi connectivity index (χ0n) is 14.4.